The number of carbonyl (C=O) groups excluding carboxylic acids is 1. The summed E-state index contributed by atoms with van der Waals surface area (Å²) in [6.07, 6.45) is 0. The number of amides is 1. The van der Waals surface area contributed by atoms with E-state index < -0.39 is 0 Å². The molecule has 0 radical (unpaired) electrons. The van der Waals surface area contributed by atoms with Gasteiger partial charge in [0, 0.05) is 12.2 Å². The molecule has 2 nitrogen and oxygen atoms in total. The number of hydrogen-bond acceptors (Lipinski definition) is 2. The molecule has 1 atom stereocenters. The van der Waals surface area contributed by atoms with Gasteiger partial charge in [0.2, 0.25) is 5.91 Å². The molecule has 0 aliphatic heterocycles. The average molecular weight is 223 g/mol. The number of nitrogens with zero attached hydrogens (tertiary/aromatic N) is 1. The van der Waals surface area contributed by atoms with Gasteiger partial charge in [-0.1, -0.05) is 18.2 Å². The molecule has 0 heterocycles. The summed E-state index contributed by atoms with van der Waals surface area (Å²) in [6, 6.07) is 7.89. The van der Waals surface area contributed by atoms with E-state index in [1.807, 2.05) is 38.1 Å². The van der Waals surface area contributed by atoms with Gasteiger partial charge in [-0.15, -0.1) is 0 Å². The average Bonchev–Trinajstić information content (AvgIpc) is 2.21. The number of para-hydroxylation sites is 1. The van der Waals surface area contributed by atoms with E-state index in [1.54, 1.807) is 11.8 Å². The van der Waals surface area contributed by atoms with E-state index in [0.29, 0.717) is 6.54 Å². The topological polar surface area (TPSA) is 20.3 Å². The van der Waals surface area contributed by atoms with Crippen molar-refractivity contribution in [2.75, 3.05) is 11.4 Å². The molecule has 0 bridgehead atoms. The van der Waals surface area contributed by atoms with Gasteiger partial charge in [0.1, 0.15) is 0 Å². The van der Waals surface area contributed by atoms with E-state index in [2.05, 4.69) is 12.6 Å². The van der Waals surface area contributed by atoms with Crippen LogP contribution in [0.25, 0.3) is 0 Å². The van der Waals surface area contributed by atoms with Crippen molar-refractivity contribution in [3.63, 3.8) is 0 Å². The van der Waals surface area contributed by atoms with Crippen LogP contribution in [0, 0.1) is 6.92 Å². The molecule has 3 heteroatoms. The van der Waals surface area contributed by atoms with Crippen LogP contribution >= 0.6 is 12.6 Å². The lowest BCUT2D eigenvalue weighted by atomic mass is 10.1. The van der Waals surface area contributed by atoms with Crippen LogP contribution in [0.5, 0.6) is 0 Å². The molecule has 0 saturated heterocycles. The first-order valence-corrected chi connectivity index (χ1v) is 5.64. The maximum Gasteiger partial charge on any atom is 0.239 e. The van der Waals surface area contributed by atoms with E-state index in [1.165, 1.54) is 0 Å². The Bertz CT molecular complexity index is 349. The Morgan fingerprint density at radius 2 is 2.07 bits per heavy atom. The molecule has 1 amide bonds. The number of aryl methyl sites for hydroxylation is 1. The standard InChI is InChI=1S/C12H17NOS/c1-4-13(12(14)10(3)15)11-8-6-5-7-9(11)2/h5-8,10,15H,4H2,1-3H3. The lowest BCUT2D eigenvalue weighted by Crippen LogP contribution is -2.36. The van der Waals surface area contributed by atoms with Crippen LogP contribution in [0.4, 0.5) is 5.69 Å². The maximum absolute atomic E-state index is 11.9. The van der Waals surface area contributed by atoms with Crippen molar-refractivity contribution in [1.82, 2.24) is 0 Å². The van der Waals surface area contributed by atoms with Gasteiger partial charge >= 0.3 is 0 Å². The predicted molar refractivity (Wildman–Crippen MR) is 67.7 cm³/mol. The van der Waals surface area contributed by atoms with E-state index in [4.69, 9.17) is 0 Å². The highest BCUT2D eigenvalue weighted by atomic mass is 32.1. The molecule has 0 N–H and O–H groups in total. The fourth-order valence-electron chi connectivity index (χ4n) is 1.54. The normalized spacial score (nSPS) is 12.3. The number of hydrogen-bond donors (Lipinski definition) is 1. The zero-order chi connectivity index (χ0) is 11.4. The van der Waals surface area contributed by atoms with Gasteiger partial charge in [-0.25, -0.2) is 0 Å². The van der Waals surface area contributed by atoms with Crippen molar-refractivity contribution < 1.29 is 4.79 Å². The number of rotatable bonds is 3. The third-order valence-corrected chi connectivity index (χ3v) is 2.57. The van der Waals surface area contributed by atoms with Crippen molar-refractivity contribution in [2.45, 2.75) is 26.0 Å². The lowest BCUT2D eigenvalue weighted by molar-refractivity contribution is -0.117. The highest BCUT2D eigenvalue weighted by molar-refractivity contribution is 7.81. The van der Waals surface area contributed by atoms with Gasteiger partial charge < -0.3 is 4.90 Å². The largest absolute Gasteiger partial charge is 0.311 e. The Morgan fingerprint density at radius 1 is 1.47 bits per heavy atom. The molecule has 0 aliphatic carbocycles. The SMILES string of the molecule is CCN(C(=O)C(C)S)c1ccccc1C. The summed E-state index contributed by atoms with van der Waals surface area (Å²) in [5, 5.41) is -0.260. The molecule has 0 spiro atoms. The van der Waals surface area contributed by atoms with Crippen molar-refractivity contribution in [3.05, 3.63) is 29.8 Å². The van der Waals surface area contributed by atoms with Gasteiger partial charge in [-0.3, -0.25) is 4.79 Å². The minimum atomic E-state index is -0.260. The maximum atomic E-state index is 11.9. The molecular weight excluding hydrogens is 206 g/mol. The van der Waals surface area contributed by atoms with Crippen molar-refractivity contribution in [2.24, 2.45) is 0 Å². The first-order chi connectivity index (χ1) is 7.07. The van der Waals surface area contributed by atoms with Gasteiger partial charge in [0.25, 0.3) is 0 Å². The Labute approximate surface area is 96.7 Å². The van der Waals surface area contributed by atoms with Crippen LogP contribution in [0.2, 0.25) is 0 Å². The second kappa shape index (κ2) is 5.21. The van der Waals surface area contributed by atoms with Crippen molar-refractivity contribution in [3.8, 4) is 0 Å². The molecule has 82 valence electrons. The van der Waals surface area contributed by atoms with Crippen LogP contribution in [0.1, 0.15) is 19.4 Å². The minimum Gasteiger partial charge on any atom is -0.311 e. The van der Waals surface area contributed by atoms with Crippen LogP contribution in [-0.2, 0) is 4.79 Å². The fourth-order valence-corrected chi connectivity index (χ4v) is 1.68. The van der Waals surface area contributed by atoms with E-state index in [0.717, 1.165) is 11.3 Å². The molecule has 1 aromatic rings. The Morgan fingerprint density at radius 3 is 2.53 bits per heavy atom. The van der Waals surface area contributed by atoms with Crippen molar-refractivity contribution >= 4 is 24.2 Å². The molecule has 15 heavy (non-hydrogen) atoms. The van der Waals surface area contributed by atoms with E-state index in [-0.39, 0.29) is 11.2 Å². The highest BCUT2D eigenvalue weighted by Crippen LogP contribution is 2.20. The molecule has 0 saturated carbocycles. The molecule has 0 fully saturated rings. The molecule has 1 rings (SSSR count). The van der Waals surface area contributed by atoms with Crippen molar-refractivity contribution in [1.29, 1.82) is 0 Å². The number of benzene rings is 1. The van der Waals surface area contributed by atoms with Crippen LogP contribution in [0.15, 0.2) is 24.3 Å². The third-order valence-electron chi connectivity index (χ3n) is 2.35. The number of thiol groups is 1. The zero-order valence-corrected chi connectivity index (χ0v) is 10.3. The van der Waals surface area contributed by atoms with E-state index in [9.17, 15) is 4.79 Å². The van der Waals surface area contributed by atoms with Crippen LogP contribution in [0.3, 0.4) is 0 Å². The monoisotopic (exact) mass is 223 g/mol. The van der Waals surface area contributed by atoms with Crippen LogP contribution < -0.4 is 4.90 Å². The number of carbonyl (C=O) groups is 1. The fraction of sp³-hybridized carbons (Fsp3) is 0.417. The Kier molecular flexibility index (Phi) is 4.21. The zero-order valence-electron chi connectivity index (χ0n) is 9.40. The molecule has 1 unspecified atom stereocenters. The molecule has 1 aromatic carbocycles. The predicted octanol–water partition coefficient (Wildman–Crippen LogP) is 2.67. The van der Waals surface area contributed by atoms with Gasteiger partial charge in [-0.05, 0) is 32.4 Å². The Hall–Kier alpha value is -0.960. The first-order valence-electron chi connectivity index (χ1n) is 5.13. The summed E-state index contributed by atoms with van der Waals surface area (Å²) in [5.41, 5.74) is 2.09. The smallest absolute Gasteiger partial charge is 0.239 e. The van der Waals surface area contributed by atoms with Gasteiger partial charge in [-0.2, -0.15) is 12.6 Å². The number of anilines is 1. The highest BCUT2D eigenvalue weighted by Gasteiger charge is 2.18. The lowest BCUT2D eigenvalue weighted by Gasteiger charge is -2.24. The third kappa shape index (κ3) is 2.75. The summed E-state index contributed by atoms with van der Waals surface area (Å²) in [7, 11) is 0. The van der Waals surface area contributed by atoms with Gasteiger partial charge in [0.15, 0.2) is 0 Å². The van der Waals surface area contributed by atoms with Gasteiger partial charge in [0.05, 0.1) is 5.25 Å². The quantitative estimate of drug-likeness (QED) is 0.781. The molecule has 0 aliphatic rings. The summed E-state index contributed by atoms with van der Waals surface area (Å²) in [6.45, 7) is 6.45. The summed E-state index contributed by atoms with van der Waals surface area (Å²) >= 11 is 4.18. The summed E-state index contributed by atoms with van der Waals surface area (Å²) < 4.78 is 0. The second-order valence-corrected chi connectivity index (χ2v) is 4.32. The second-order valence-electron chi connectivity index (χ2n) is 3.54. The Balaban J connectivity index is 3.03. The van der Waals surface area contributed by atoms with E-state index >= 15 is 0 Å². The minimum absolute atomic E-state index is 0.0510. The summed E-state index contributed by atoms with van der Waals surface area (Å²) in [5.74, 6) is 0.0510. The first kappa shape index (κ1) is 12.1. The summed E-state index contributed by atoms with van der Waals surface area (Å²) in [4.78, 5) is 13.6. The molecule has 0 aromatic heterocycles. The van der Waals surface area contributed by atoms with Crippen LogP contribution in [-0.4, -0.2) is 17.7 Å². The molecular formula is C12H17NOS.